The highest BCUT2D eigenvalue weighted by molar-refractivity contribution is 9.10. The van der Waals surface area contributed by atoms with Gasteiger partial charge in [0, 0.05) is 10.5 Å². The SMILES string of the molecule is CC(N)Cc1ccc2ccccc2c1Br. The summed E-state index contributed by atoms with van der Waals surface area (Å²) >= 11 is 3.65. The average Bonchev–Trinajstić information content (AvgIpc) is 2.22. The summed E-state index contributed by atoms with van der Waals surface area (Å²) in [5.74, 6) is 0. The van der Waals surface area contributed by atoms with Gasteiger partial charge in [0.1, 0.15) is 0 Å². The predicted molar refractivity (Wildman–Crippen MR) is 69.0 cm³/mol. The molecule has 15 heavy (non-hydrogen) atoms. The van der Waals surface area contributed by atoms with Crippen molar-refractivity contribution in [2.45, 2.75) is 19.4 Å². The van der Waals surface area contributed by atoms with Crippen LogP contribution in [0, 0.1) is 0 Å². The maximum Gasteiger partial charge on any atom is 0.0286 e. The molecule has 0 radical (unpaired) electrons. The lowest BCUT2D eigenvalue weighted by molar-refractivity contribution is 0.737. The third-order valence-corrected chi connectivity index (χ3v) is 3.42. The molecular weight excluding hydrogens is 250 g/mol. The Balaban J connectivity index is 2.55. The first-order valence-electron chi connectivity index (χ1n) is 5.10. The van der Waals surface area contributed by atoms with E-state index in [1.54, 1.807) is 0 Å². The topological polar surface area (TPSA) is 26.0 Å². The summed E-state index contributed by atoms with van der Waals surface area (Å²) in [6.45, 7) is 2.03. The van der Waals surface area contributed by atoms with Crippen molar-refractivity contribution in [2.24, 2.45) is 5.73 Å². The predicted octanol–water partition coefficient (Wildman–Crippen LogP) is 3.49. The van der Waals surface area contributed by atoms with Gasteiger partial charge in [-0.25, -0.2) is 0 Å². The van der Waals surface area contributed by atoms with Crippen molar-refractivity contribution < 1.29 is 0 Å². The molecular formula is C13H14BrN. The molecule has 2 rings (SSSR count). The maximum atomic E-state index is 5.82. The van der Waals surface area contributed by atoms with Gasteiger partial charge in [0.25, 0.3) is 0 Å². The van der Waals surface area contributed by atoms with Crippen LogP contribution in [0.4, 0.5) is 0 Å². The number of fused-ring (bicyclic) bond motifs is 1. The first-order valence-corrected chi connectivity index (χ1v) is 5.89. The molecule has 0 aliphatic rings. The lowest BCUT2D eigenvalue weighted by Crippen LogP contribution is -2.17. The Morgan fingerprint density at radius 3 is 2.67 bits per heavy atom. The molecule has 0 fully saturated rings. The number of hydrogen-bond acceptors (Lipinski definition) is 1. The molecule has 0 aliphatic carbocycles. The minimum absolute atomic E-state index is 0.197. The summed E-state index contributed by atoms with van der Waals surface area (Å²) in [4.78, 5) is 0. The van der Waals surface area contributed by atoms with Crippen molar-refractivity contribution in [3.05, 3.63) is 46.4 Å². The molecule has 0 spiro atoms. The van der Waals surface area contributed by atoms with Crippen LogP contribution in [0.5, 0.6) is 0 Å². The Hall–Kier alpha value is -0.860. The quantitative estimate of drug-likeness (QED) is 0.882. The van der Waals surface area contributed by atoms with Gasteiger partial charge < -0.3 is 5.73 Å². The normalized spacial score (nSPS) is 13.0. The van der Waals surface area contributed by atoms with E-state index in [0.29, 0.717) is 0 Å². The molecule has 0 saturated carbocycles. The Kier molecular flexibility index (Phi) is 3.08. The standard InChI is InChI=1S/C13H14BrN/c1-9(15)8-11-7-6-10-4-2-3-5-12(10)13(11)14/h2-7,9H,8,15H2,1H3. The van der Waals surface area contributed by atoms with Crippen LogP contribution in [0.2, 0.25) is 0 Å². The van der Waals surface area contributed by atoms with Crippen molar-refractivity contribution in [3.63, 3.8) is 0 Å². The second-order valence-corrected chi connectivity index (χ2v) is 4.73. The molecule has 2 aromatic rings. The zero-order valence-electron chi connectivity index (χ0n) is 8.70. The van der Waals surface area contributed by atoms with E-state index in [2.05, 4.69) is 52.3 Å². The highest BCUT2D eigenvalue weighted by atomic mass is 79.9. The third-order valence-electron chi connectivity index (χ3n) is 2.49. The molecule has 0 aliphatic heterocycles. The molecule has 0 heterocycles. The van der Waals surface area contributed by atoms with E-state index < -0.39 is 0 Å². The maximum absolute atomic E-state index is 5.82. The lowest BCUT2D eigenvalue weighted by atomic mass is 10.0. The van der Waals surface area contributed by atoms with Crippen molar-refractivity contribution in [1.29, 1.82) is 0 Å². The van der Waals surface area contributed by atoms with Gasteiger partial charge in [0.15, 0.2) is 0 Å². The van der Waals surface area contributed by atoms with E-state index in [4.69, 9.17) is 5.73 Å². The van der Waals surface area contributed by atoms with Crippen LogP contribution in [0.15, 0.2) is 40.9 Å². The fraction of sp³-hybridized carbons (Fsp3) is 0.231. The number of benzene rings is 2. The van der Waals surface area contributed by atoms with Gasteiger partial charge >= 0.3 is 0 Å². The molecule has 2 heteroatoms. The van der Waals surface area contributed by atoms with Crippen molar-refractivity contribution >= 4 is 26.7 Å². The summed E-state index contributed by atoms with van der Waals surface area (Å²) in [6, 6.07) is 12.9. The van der Waals surface area contributed by atoms with Gasteiger partial charge in [-0.2, -0.15) is 0 Å². The highest BCUT2D eigenvalue weighted by Gasteiger charge is 2.06. The second kappa shape index (κ2) is 4.33. The van der Waals surface area contributed by atoms with Crippen molar-refractivity contribution in [2.75, 3.05) is 0 Å². The fourth-order valence-electron chi connectivity index (χ4n) is 1.78. The highest BCUT2D eigenvalue weighted by Crippen LogP contribution is 2.28. The summed E-state index contributed by atoms with van der Waals surface area (Å²) in [5, 5.41) is 2.52. The zero-order valence-corrected chi connectivity index (χ0v) is 10.3. The van der Waals surface area contributed by atoms with E-state index in [0.717, 1.165) is 6.42 Å². The summed E-state index contributed by atoms with van der Waals surface area (Å²) in [7, 11) is 0. The molecule has 0 bridgehead atoms. The molecule has 0 aromatic heterocycles. The zero-order chi connectivity index (χ0) is 10.8. The smallest absolute Gasteiger partial charge is 0.0286 e. The first kappa shape index (κ1) is 10.7. The summed E-state index contributed by atoms with van der Waals surface area (Å²) in [5.41, 5.74) is 7.10. The van der Waals surface area contributed by atoms with Crippen LogP contribution in [0.3, 0.4) is 0 Å². The van der Waals surface area contributed by atoms with Gasteiger partial charge in [0.05, 0.1) is 0 Å². The molecule has 1 nitrogen and oxygen atoms in total. The van der Waals surface area contributed by atoms with E-state index in [1.807, 2.05) is 6.92 Å². The van der Waals surface area contributed by atoms with E-state index in [-0.39, 0.29) is 6.04 Å². The largest absolute Gasteiger partial charge is 0.328 e. The second-order valence-electron chi connectivity index (χ2n) is 3.94. The number of rotatable bonds is 2. The van der Waals surface area contributed by atoms with Crippen LogP contribution in [0.25, 0.3) is 10.8 Å². The molecule has 2 aromatic carbocycles. The molecule has 1 unspecified atom stereocenters. The van der Waals surface area contributed by atoms with E-state index in [9.17, 15) is 0 Å². The number of hydrogen-bond donors (Lipinski definition) is 1. The molecule has 0 amide bonds. The minimum atomic E-state index is 0.197. The monoisotopic (exact) mass is 263 g/mol. The Morgan fingerprint density at radius 2 is 1.93 bits per heavy atom. The molecule has 1 atom stereocenters. The summed E-state index contributed by atoms with van der Waals surface area (Å²) < 4.78 is 1.18. The summed E-state index contributed by atoms with van der Waals surface area (Å²) in [6.07, 6.45) is 0.908. The van der Waals surface area contributed by atoms with E-state index in [1.165, 1.54) is 20.8 Å². The van der Waals surface area contributed by atoms with Crippen LogP contribution in [0.1, 0.15) is 12.5 Å². The Bertz CT molecular complexity index is 477. The van der Waals surface area contributed by atoms with Gasteiger partial charge in [-0.3, -0.25) is 0 Å². The number of halogens is 1. The first-order chi connectivity index (χ1) is 7.18. The van der Waals surface area contributed by atoms with Crippen LogP contribution < -0.4 is 5.73 Å². The Morgan fingerprint density at radius 1 is 1.20 bits per heavy atom. The molecule has 2 N–H and O–H groups in total. The van der Waals surface area contributed by atoms with E-state index >= 15 is 0 Å². The number of nitrogens with two attached hydrogens (primary N) is 1. The van der Waals surface area contributed by atoms with Crippen LogP contribution in [-0.2, 0) is 6.42 Å². The van der Waals surface area contributed by atoms with Gasteiger partial charge in [-0.15, -0.1) is 0 Å². The van der Waals surface area contributed by atoms with Crippen molar-refractivity contribution in [3.8, 4) is 0 Å². The van der Waals surface area contributed by atoms with Gasteiger partial charge in [0.2, 0.25) is 0 Å². The molecule has 0 saturated heterocycles. The van der Waals surface area contributed by atoms with Crippen molar-refractivity contribution in [1.82, 2.24) is 0 Å². The lowest BCUT2D eigenvalue weighted by Gasteiger charge is -2.10. The minimum Gasteiger partial charge on any atom is -0.328 e. The van der Waals surface area contributed by atoms with Gasteiger partial charge in [-0.05, 0) is 45.6 Å². The Labute approximate surface area is 98.4 Å². The van der Waals surface area contributed by atoms with Crippen LogP contribution >= 0.6 is 15.9 Å². The van der Waals surface area contributed by atoms with Crippen LogP contribution in [-0.4, -0.2) is 6.04 Å². The third kappa shape index (κ3) is 2.21. The molecule has 78 valence electrons. The fourth-order valence-corrected chi connectivity index (χ4v) is 2.44. The van der Waals surface area contributed by atoms with Gasteiger partial charge in [-0.1, -0.05) is 36.4 Å². The average molecular weight is 264 g/mol.